The summed E-state index contributed by atoms with van der Waals surface area (Å²) in [4.78, 5) is 25.9. The van der Waals surface area contributed by atoms with Gasteiger partial charge in [0.15, 0.2) is 5.56 Å². The molecule has 2 heterocycles. The lowest BCUT2D eigenvalue weighted by Crippen LogP contribution is -2.43. The number of fused-ring (bicyclic) bond motifs is 1. The Balaban J connectivity index is 1.95. The molecule has 1 saturated carbocycles. The molecular weight excluding hydrogens is 313 g/mol. The lowest BCUT2D eigenvalue weighted by atomic mass is 10.1. The number of hydrogen-bond donors (Lipinski definition) is 2. The van der Waals surface area contributed by atoms with Crippen molar-refractivity contribution in [1.82, 2.24) is 9.88 Å². The molecule has 2 N–H and O–H groups in total. The van der Waals surface area contributed by atoms with Crippen LogP contribution >= 0.6 is 0 Å². The Morgan fingerprint density at radius 3 is 2.58 bits per heavy atom. The number of halogens is 1. The Bertz CT molecular complexity index is 883. The van der Waals surface area contributed by atoms with Gasteiger partial charge in [-0.1, -0.05) is 0 Å². The summed E-state index contributed by atoms with van der Waals surface area (Å²) >= 11 is 0. The predicted molar refractivity (Wildman–Crippen MR) is 88.5 cm³/mol. The van der Waals surface area contributed by atoms with E-state index >= 15 is 0 Å². The monoisotopic (exact) mass is 331 g/mol. The molecule has 6 nitrogen and oxygen atoms in total. The first-order valence-corrected chi connectivity index (χ1v) is 8.14. The molecule has 1 aliphatic heterocycles. The highest BCUT2D eigenvalue weighted by Crippen LogP contribution is 2.38. The van der Waals surface area contributed by atoms with Gasteiger partial charge in [0.25, 0.3) is 0 Å². The normalized spacial score (nSPS) is 18.1. The molecule has 2 aliphatic rings. The van der Waals surface area contributed by atoms with E-state index in [4.69, 9.17) is 0 Å². The molecule has 2 fully saturated rings. The van der Waals surface area contributed by atoms with Gasteiger partial charge in [0, 0.05) is 43.3 Å². The van der Waals surface area contributed by atoms with Gasteiger partial charge in [-0.05, 0) is 31.0 Å². The summed E-state index contributed by atoms with van der Waals surface area (Å²) in [6, 6.07) is 5.19. The number of carboxylic acids is 1. The molecule has 1 aromatic carbocycles. The van der Waals surface area contributed by atoms with Crippen LogP contribution in [0.5, 0.6) is 0 Å². The molecule has 1 aliphatic carbocycles. The van der Waals surface area contributed by atoms with E-state index in [1.54, 1.807) is 6.07 Å². The molecule has 126 valence electrons. The maximum atomic E-state index is 14.7. The molecule has 0 unspecified atom stereocenters. The number of nitrogens with one attached hydrogen (secondary N) is 1. The van der Waals surface area contributed by atoms with E-state index in [-0.39, 0.29) is 11.4 Å². The SMILES string of the molecule is O=C(O)c1c(F)n(C2CC2)c2cc(N3CCNCC3)ccc2c1=O. The molecule has 0 bridgehead atoms. The molecular formula is C17H18FN3O3. The van der Waals surface area contributed by atoms with Crippen LogP contribution in [0.4, 0.5) is 10.1 Å². The van der Waals surface area contributed by atoms with Gasteiger partial charge >= 0.3 is 5.97 Å². The molecule has 0 atom stereocenters. The number of nitrogens with zero attached hydrogens (tertiary/aromatic N) is 2. The maximum absolute atomic E-state index is 14.7. The zero-order chi connectivity index (χ0) is 16.8. The van der Waals surface area contributed by atoms with Crippen molar-refractivity contribution in [2.75, 3.05) is 31.1 Å². The lowest BCUT2D eigenvalue weighted by molar-refractivity contribution is 0.0688. The number of carboxylic acid groups (broad SMARTS) is 1. The Hall–Kier alpha value is -2.41. The first kappa shape index (κ1) is 15.1. The van der Waals surface area contributed by atoms with E-state index in [1.165, 1.54) is 4.57 Å². The maximum Gasteiger partial charge on any atom is 0.344 e. The van der Waals surface area contributed by atoms with E-state index in [0.717, 1.165) is 44.7 Å². The average molecular weight is 331 g/mol. The highest BCUT2D eigenvalue weighted by molar-refractivity contribution is 5.93. The molecule has 4 rings (SSSR count). The van der Waals surface area contributed by atoms with Crippen molar-refractivity contribution in [2.24, 2.45) is 0 Å². The van der Waals surface area contributed by atoms with Crippen LogP contribution in [0.15, 0.2) is 23.0 Å². The summed E-state index contributed by atoms with van der Waals surface area (Å²) < 4.78 is 16.1. The summed E-state index contributed by atoms with van der Waals surface area (Å²) in [7, 11) is 0. The van der Waals surface area contributed by atoms with Crippen LogP contribution in [0, 0.1) is 5.95 Å². The minimum absolute atomic E-state index is 0.0653. The highest BCUT2D eigenvalue weighted by atomic mass is 19.1. The number of benzene rings is 1. The predicted octanol–water partition coefficient (Wildman–Crippen LogP) is 1.58. The second kappa shape index (κ2) is 5.59. The summed E-state index contributed by atoms with van der Waals surface area (Å²) in [5, 5.41) is 12.8. The molecule has 1 aromatic heterocycles. The number of aromatic nitrogens is 1. The minimum Gasteiger partial charge on any atom is -0.477 e. The van der Waals surface area contributed by atoms with Crippen molar-refractivity contribution in [3.8, 4) is 0 Å². The Labute approximate surface area is 137 Å². The zero-order valence-corrected chi connectivity index (χ0v) is 13.1. The van der Waals surface area contributed by atoms with Gasteiger partial charge in [0.1, 0.15) is 0 Å². The molecule has 1 saturated heterocycles. The summed E-state index contributed by atoms with van der Waals surface area (Å²) in [6.07, 6.45) is 1.59. The van der Waals surface area contributed by atoms with Crippen molar-refractivity contribution in [3.05, 3.63) is 39.9 Å². The van der Waals surface area contributed by atoms with E-state index in [2.05, 4.69) is 10.2 Å². The topological polar surface area (TPSA) is 74.6 Å². The number of carbonyl (C=O) groups is 1. The minimum atomic E-state index is -1.51. The van der Waals surface area contributed by atoms with Crippen molar-refractivity contribution < 1.29 is 14.3 Å². The number of piperazine rings is 1. The number of anilines is 1. The van der Waals surface area contributed by atoms with Gasteiger partial charge in [-0.2, -0.15) is 4.39 Å². The Kier molecular flexibility index (Phi) is 3.53. The van der Waals surface area contributed by atoms with E-state index in [9.17, 15) is 19.1 Å². The second-order valence-electron chi connectivity index (χ2n) is 6.34. The van der Waals surface area contributed by atoms with Crippen LogP contribution in [0.3, 0.4) is 0 Å². The van der Waals surface area contributed by atoms with Gasteiger partial charge in [-0.3, -0.25) is 4.79 Å². The van der Waals surface area contributed by atoms with Crippen molar-refractivity contribution in [1.29, 1.82) is 0 Å². The highest BCUT2D eigenvalue weighted by Gasteiger charge is 2.31. The third-order valence-corrected chi connectivity index (χ3v) is 4.74. The van der Waals surface area contributed by atoms with E-state index < -0.39 is 22.9 Å². The van der Waals surface area contributed by atoms with Gasteiger partial charge in [-0.15, -0.1) is 0 Å². The van der Waals surface area contributed by atoms with Crippen molar-refractivity contribution in [2.45, 2.75) is 18.9 Å². The first-order valence-electron chi connectivity index (χ1n) is 8.14. The quantitative estimate of drug-likeness (QED) is 0.836. The summed E-state index contributed by atoms with van der Waals surface area (Å²) in [5.74, 6) is -2.44. The average Bonchev–Trinajstić information content (AvgIpc) is 3.40. The van der Waals surface area contributed by atoms with Crippen LogP contribution in [-0.4, -0.2) is 41.8 Å². The third-order valence-electron chi connectivity index (χ3n) is 4.74. The van der Waals surface area contributed by atoms with Crippen LogP contribution in [0.2, 0.25) is 0 Å². The van der Waals surface area contributed by atoms with Crippen LogP contribution in [-0.2, 0) is 0 Å². The molecule has 2 aromatic rings. The number of pyridine rings is 1. The number of hydrogen-bond acceptors (Lipinski definition) is 4. The van der Waals surface area contributed by atoms with Crippen molar-refractivity contribution >= 4 is 22.6 Å². The summed E-state index contributed by atoms with van der Waals surface area (Å²) in [5.41, 5.74) is -0.0932. The Morgan fingerprint density at radius 2 is 1.96 bits per heavy atom. The zero-order valence-electron chi connectivity index (χ0n) is 13.1. The molecule has 0 spiro atoms. The van der Waals surface area contributed by atoms with E-state index in [0.29, 0.717) is 5.52 Å². The molecule has 7 heteroatoms. The van der Waals surface area contributed by atoms with Gasteiger partial charge in [0.2, 0.25) is 11.4 Å². The second-order valence-corrected chi connectivity index (χ2v) is 6.34. The van der Waals surface area contributed by atoms with Crippen LogP contribution < -0.4 is 15.6 Å². The standard InChI is InChI=1S/C17H18FN3O3/c18-16-14(17(23)24)15(22)12-4-3-11(20-7-5-19-6-8-20)9-13(12)21(16)10-1-2-10/h3-4,9-10,19H,1-2,5-8H2,(H,23,24). The lowest BCUT2D eigenvalue weighted by Gasteiger charge is -2.30. The van der Waals surface area contributed by atoms with Gasteiger partial charge in [0.05, 0.1) is 5.52 Å². The van der Waals surface area contributed by atoms with Gasteiger partial charge in [-0.25, -0.2) is 4.79 Å². The van der Waals surface area contributed by atoms with E-state index in [1.807, 2.05) is 12.1 Å². The fraction of sp³-hybridized carbons (Fsp3) is 0.412. The molecule has 0 radical (unpaired) electrons. The molecule has 0 amide bonds. The number of aromatic carboxylic acids is 1. The largest absolute Gasteiger partial charge is 0.477 e. The van der Waals surface area contributed by atoms with Gasteiger partial charge < -0.3 is 19.9 Å². The molecule has 24 heavy (non-hydrogen) atoms. The van der Waals surface area contributed by atoms with Crippen LogP contribution in [0.1, 0.15) is 29.2 Å². The van der Waals surface area contributed by atoms with Crippen molar-refractivity contribution in [3.63, 3.8) is 0 Å². The first-order chi connectivity index (χ1) is 11.6. The third kappa shape index (κ3) is 2.36. The summed E-state index contributed by atoms with van der Waals surface area (Å²) in [6.45, 7) is 3.43. The fourth-order valence-electron chi connectivity index (χ4n) is 3.36. The smallest absolute Gasteiger partial charge is 0.344 e. The van der Waals surface area contributed by atoms with Crippen LogP contribution in [0.25, 0.3) is 10.9 Å². The Morgan fingerprint density at radius 1 is 1.25 bits per heavy atom. The number of rotatable bonds is 3. The fourth-order valence-corrected chi connectivity index (χ4v) is 3.36.